The van der Waals surface area contributed by atoms with E-state index >= 15 is 0 Å². The number of hydrogen-bond donors (Lipinski definition) is 0. The molecule has 30 heavy (non-hydrogen) atoms. The third-order valence-electron chi connectivity index (χ3n) is 6.33. The minimum absolute atomic E-state index is 0.0228. The highest BCUT2D eigenvalue weighted by molar-refractivity contribution is 9.10. The number of benzene rings is 1. The van der Waals surface area contributed by atoms with E-state index in [1.165, 1.54) is 0 Å². The molecule has 0 aliphatic carbocycles. The zero-order valence-corrected chi connectivity index (χ0v) is 18.7. The van der Waals surface area contributed by atoms with Crippen LogP contribution < -0.4 is 0 Å². The predicted octanol–water partition coefficient (Wildman–Crippen LogP) is 2.15. The van der Waals surface area contributed by atoms with Crippen LogP contribution in [-0.2, 0) is 14.3 Å². The molecule has 0 radical (unpaired) electrons. The van der Waals surface area contributed by atoms with Gasteiger partial charge in [0.1, 0.15) is 6.10 Å². The van der Waals surface area contributed by atoms with Gasteiger partial charge in [-0.15, -0.1) is 0 Å². The molecule has 3 aliphatic heterocycles. The zero-order valence-electron chi connectivity index (χ0n) is 17.1. The van der Waals surface area contributed by atoms with E-state index in [0.717, 1.165) is 17.3 Å². The zero-order chi connectivity index (χ0) is 21.1. The van der Waals surface area contributed by atoms with Crippen molar-refractivity contribution in [3.63, 3.8) is 0 Å². The van der Waals surface area contributed by atoms with E-state index in [4.69, 9.17) is 4.74 Å². The smallest absolute Gasteiger partial charge is 0.253 e. The van der Waals surface area contributed by atoms with Gasteiger partial charge in [-0.05, 0) is 49.9 Å². The maximum Gasteiger partial charge on any atom is 0.253 e. The highest BCUT2D eigenvalue weighted by Gasteiger charge is 2.34. The fourth-order valence-electron chi connectivity index (χ4n) is 4.49. The van der Waals surface area contributed by atoms with Crippen molar-refractivity contribution in [3.8, 4) is 0 Å². The second-order valence-corrected chi connectivity index (χ2v) is 9.14. The number of ether oxygens (including phenoxy) is 1. The first-order chi connectivity index (χ1) is 14.5. The van der Waals surface area contributed by atoms with Crippen molar-refractivity contribution in [2.75, 3.05) is 45.9 Å². The molecule has 4 rings (SSSR count). The minimum atomic E-state index is -0.292. The van der Waals surface area contributed by atoms with Crippen molar-refractivity contribution in [1.82, 2.24) is 14.7 Å². The van der Waals surface area contributed by atoms with E-state index in [2.05, 4.69) is 15.9 Å². The third kappa shape index (κ3) is 4.70. The summed E-state index contributed by atoms with van der Waals surface area (Å²) in [7, 11) is 0. The number of piperidine rings is 1. The maximum atomic E-state index is 13.0. The summed E-state index contributed by atoms with van der Waals surface area (Å²) in [5, 5.41) is 0. The number of carbonyl (C=O) groups excluding carboxylic acids is 3. The van der Waals surface area contributed by atoms with Crippen LogP contribution in [0.3, 0.4) is 0 Å². The molecule has 3 saturated heterocycles. The molecule has 3 aliphatic rings. The number of hydrogen-bond acceptors (Lipinski definition) is 4. The lowest BCUT2D eigenvalue weighted by Crippen LogP contribution is -2.54. The molecule has 0 spiro atoms. The Balaban J connectivity index is 1.24. The van der Waals surface area contributed by atoms with Gasteiger partial charge in [-0.2, -0.15) is 0 Å². The topological polar surface area (TPSA) is 70.2 Å². The molecule has 1 atom stereocenters. The van der Waals surface area contributed by atoms with Crippen molar-refractivity contribution < 1.29 is 19.1 Å². The van der Waals surface area contributed by atoms with Crippen molar-refractivity contribution in [3.05, 3.63) is 34.3 Å². The normalized spacial score (nSPS) is 23.0. The van der Waals surface area contributed by atoms with E-state index < -0.39 is 0 Å². The van der Waals surface area contributed by atoms with Crippen molar-refractivity contribution in [2.24, 2.45) is 5.92 Å². The number of carbonyl (C=O) groups is 3. The Kier molecular flexibility index (Phi) is 6.73. The van der Waals surface area contributed by atoms with Gasteiger partial charge < -0.3 is 19.4 Å². The lowest BCUT2D eigenvalue weighted by atomic mass is 9.94. The third-order valence-corrected chi connectivity index (χ3v) is 6.86. The molecule has 7 nitrogen and oxygen atoms in total. The van der Waals surface area contributed by atoms with Crippen LogP contribution in [0.25, 0.3) is 0 Å². The molecule has 3 fully saturated rings. The Morgan fingerprint density at radius 2 is 1.40 bits per heavy atom. The molecule has 0 saturated carbocycles. The van der Waals surface area contributed by atoms with E-state index in [1.807, 2.05) is 39.0 Å². The number of rotatable bonds is 3. The summed E-state index contributed by atoms with van der Waals surface area (Å²) >= 11 is 3.39. The first-order valence-corrected chi connectivity index (χ1v) is 11.6. The lowest BCUT2D eigenvalue weighted by Gasteiger charge is -2.39. The summed E-state index contributed by atoms with van der Waals surface area (Å²) in [5.41, 5.74) is 0.676. The Bertz CT molecular complexity index is 778. The average molecular weight is 478 g/mol. The Hall–Kier alpha value is -1.93. The van der Waals surface area contributed by atoms with E-state index in [-0.39, 0.29) is 29.7 Å². The number of likely N-dealkylation sites (tertiary alicyclic amines) is 1. The maximum absolute atomic E-state index is 13.0. The van der Waals surface area contributed by atoms with Gasteiger partial charge in [0.2, 0.25) is 5.91 Å². The van der Waals surface area contributed by atoms with Crippen LogP contribution in [0.2, 0.25) is 0 Å². The minimum Gasteiger partial charge on any atom is -0.368 e. The Morgan fingerprint density at radius 3 is 1.97 bits per heavy atom. The van der Waals surface area contributed by atoms with E-state index in [1.54, 1.807) is 0 Å². The number of nitrogens with zero attached hydrogens (tertiary/aromatic N) is 3. The SMILES string of the molecule is O=C(c1ccc(Br)cc1)N1CCC(C(=O)N2CCN(C(=O)C3CCCO3)CC2)CC1. The molecule has 3 heterocycles. The monoisotopic (exact) mass is 477 g/mol. The first-order valence-electron chi connectivity index (χ1n) is 10.8. The molecule has 1 unspecified atom stereocenters. The average Bonchev–Trinajstić information content (AvgIpc) is 3.33. The molecule has 162 valence electrons. The van der Waals surface area contributed by atoms with Crippen LogP contribution >= 0.6 is 15.9 Å². The molecule has 0 N–H and O–H groups in total. The van der Waals surface area contributed by atoms with Crippen molar-refractivity contribution in [2.45, 2.75) is 31.8 Å². The summed E-state index contributed by atoms with van der Waals surface area (Å²) in [6.45, 7) is 4.17. The summed E-state index contributed by atoms with van der Waals surface area (Å²) in [6, 6.07) is 7.38. The number of piperazine rings is 1. The van der Waals surface area contributed by atoms with Crippen LogP contribution in [0.15, 0.2) is 28.7 Å². The standard InChI is InChI=1S/C22H28BrN3O4/c23-18-5-3-16(4-6-18)20(27)24-9-7-17(8-10-24)21(28)25-11-13-26(14-12-25)22(29)19-2-1-15-30-19/h3-6,17,19H,1-2,7-15H2. The molecule has 8 heteroatoms. The Labute approximate surface area is 185 Å². The van der Waals surface area contributed by atoms with Crippen LogP contribution in [0.5, 0.6) is 0 Å². The van der Waals surface area contributed by atoms with E-state index in [0.29, 0.717) is 64.3 Å². The summed E-state index contributed by atoms with van der Waals surface area (Å²) < 4.78 is 6.44. The van der Waals surface area contributed by atoms with Crippen LogP contribution in [-0.4, -0.2) is 84.4 Å². The van der Waals surface area contributed by atoms with Gasteiger partial charge in [-0.3, -0.25) is 14.4 Å². The van der Waals surface area contributed by atoms with Gasteiger partial charge in [0.05, 0.1) is 0 Å². The summed E-state index contributed by atoms with van der Waals surface area (Å²) in [4.78, 5) is 43.7. The molecule has 3 amide bonds. The summed E-state index contributed by atoms with van der Waals surface area (Å²) in [5.74, 6) is 0.211. The van der Waals surface area contributed by atoms with Gasteiger partial charge in [-0.25, -0.2) is 0 Å². The molecule has 1 aromatic carbocycles. The molecule has 0 bridgehead atoms. The van der Waals surface area contributed by atoms with Gasteiger partial charge in [-0.1, -0.05) is 15.9 Å². The highest BCUT2D eigenvalue weighted by Crippen LogP contribution is 2.23. The van der Waals surface area contributed by atoms with Crippen LogP contribution in [0.1, 0.15) is 36.0 Å². The van der Waals surface area contributed by atoms with Crippen molar-refractivity contribution in [1.29, 1.82) is 0 Å². The molecular formula is C22H28BrN3O4. The van der Waals surface area contributed by atoms with E-state index in [9.17, 15) is 14.4 Å². The van der Waals surface area contributed by atoms with Gasteiger partial charge in [0.25, 0.3) is 11.8 Å². The number of amides is 3. The molecular weight excluding hydrogens is 450 g/mol. The van der Waals surface area contributed by atoms with Crippen LogP contribution in [0, 0.1) is 5.92 Å². The second-order valence-electron chi connectivity index (χ2n) is 8.23. The number of halogens is 1. The van der Waals surface area contributed by atoms with Gasteiger partial charge in [0.15, 0.2) is 0 Å². The first kappa shape index (κ1) is 21.3. The largest absolute Gasteiger partial charge is 0.368 e. The second kappa shape index (κ2) is 9.47. The van der Waals surface area contributed by atoms with Gasteiger partial charge in [0, 0.05) is 61.8 Å². The Morgan fingerprint density at radius 1 is 0.800 bits per heavy atom. The summed E-state index contributed by atoms with van der Waals surface area (Å²) in [6.07, 6.45) is 2.83. The lowest BCUT2D eigenvalue weighted by molar-refractivity contribution is -0.147. The fraction of sp³-hybridized carbons (Fsp3) is 0.591. The van der Waals surface area contributed by atoms with Crippen LogP contribution in [0.4, 0.5) is 0 Å². The van der Waals surface area contributed by atoms with Crippen molar-refractivity contribution >= 4 is 33.7 Å². The highest BCUT2D eigenvalue weighted by atomic mass is 79.9. The predicted molar refractivity (Wildman–Crippen MR) is 115 cm³/mol. The van der Waals surface area contributed by atoms with Gasteiger partial charge >= 0.3 is 0 Å². The molecule has 1 aromatic rings. The molecule has 0 aromatic heterocycles. The fourth-order valence-corrected chi connectivity index (χ4v) is 4.75. The quantitative estimate of drug-likeness (QED) is 0.668.